The van der Waals surface area contributed by atoms with Crippen LogP contribution in [0.5, 0.6) is 0 Å². The number of anilines is 1. The van der Waals surface area contributed by atoms with Gasteiger partial charge in [0.1, 0.15) is 4.47 Å². The summed E-state index contributed by atoms with van der Waals surface area (Å²) in [4.78, 5) is 14.7. The Labute approximate surface area is 133 Å². The normalized spacial score (nSPS) is 25.5. The molecule has 1 N–H and O–H groups in total. The molecule has 2 saturated heterocycles. The fraction of sp³-hybridized carbons (Fsp3) is 0.600. The largest absolute Gasteiger partial charge is 0.365 e. The Kier molecular flexibility index (Phi) is 4.45. The summed E-state index contributed by atoms with van der Waals surface area (Å²) in [6.07, 6.45) is 8.31. The third-order valence-electron chi connectivity index (χ3n) is 4.44. The molecule has 2 atom stereocenters. The number of nitrogens with one attached hydrogen (secondary N) is 1. The maximum atomic E-state index is 12.3. The highest BCUT2D eigenvalue weighted by molar-refractivity contribution is 9.10. The van der Waals surface area contributed by atoms with E-state index in [4.69, 9.17) is 0 Å². The van der Waals surface area contributed by atoms with Crippen molar-refractivity contribution in [3.05, 3.63) is 33.7 Å². The van der Waals surface area contributed by atoms with Crippen molar-refractivity contribution in [1.82, 2.24) is 15.1 Å². The number of allylic oxidation sites excluding steroid dienone is 1. The van der Waals surface area contributed by atoms with Gasteiger partial charge in [0.05, 0.1) is 18.4 Å². The predicted molar refractivity (Wildman–Crippen MR) is 87.8 cm³/mol. The van der Waals surface area contributed by atoms with E-state index in [2.05, 4.69) is 37.8 Å². The quantitative estimate of drug-likeness (QED) is 0.841. The van der Waals surface area contributed by atoms with Crippen LogP contribution in [-0.4, -0.2) is 35.0 Å². The molecule has 0 radical (unpaired) electrons. The van der Waals surface area contributed by atoms with Gasteiger partial charge in [0.15, 0.2) is 0 Å². The molecule has 2 aliphatic heterocycles. The standard InChI is InChI=1S/C15H21BrN4O/c1-2-8-20-15(21)14(16)13(10-18-20)19-9-4-6-12(19)11-5-3-7-17-11/h2,10-12,17H,1,3-9H2. The van der Waals surface area contributed by atoms with Crippen molar-refractivity contribution in [3.8, 4) is 0 Å². The third kappa shape index (κ3) is 2.79. The Morgan fingerprint density at radius 3 is 3.05 bits per heavy atom. The lowest BCUT2D eigenvalue weighted by molar-refractivity contribution is 0.481. The molecule has 114 valence electrons. The molecule has 0 saturated carbocycles. The minimum atomic E-state index is -0.0857. The molecule has 0 aliphatic carbocycles. The van der Waals surface area contributed by atoms with E-state index < -0.39 is 0 Å². The topological polar surface area (TPSA) is 50.2 Å². The Hall–Kier alpha value is -1.14. The van der Waals surface area contributed by atoms with Gasteiger partial charge in [0.25, 0.3) is 5.56 Å². The van der Waals surface area contributed by atoms with Crippen LogP contribution < -0.4 is 15.8 Å². The second-order valence-corrected chi connectivity index (χ2v) is 6.52. The minimum absolute atomic E-state index is 0.0857. The van der Waals surface area contributed by atoms with E-state index in [0.717, 1.165) is 18.8 Å². The molecular formula is C15H21BrN4O. The highest BCUT2D eigenvalue weighted by Crippen LogP contribution is 2.32. The number of hydrogen-bond acceptors (Lipinski definition) is 4. The van der Waals surface area contributed by atoms with Gasteiger partial charge in [0, 0.05) is 18.6 Å². The second-order valence-electron chi connectivity index (χ2n) is 5.73. The molecule has 0 aromatic carbocycles. The molecule has 1 aromatic heterocycles. The van der Waals surface area contributed by atoms with Crippen molar-refractivity contribution >= 4 is 21.6 Å². The van der Waals surface area contributed by atoms with Gasteiger partial charge in [-0.25, -0.2) is 4.68 Å². The zero-order chi connectivity index (χ0) is 14.8. The second kappa shape index (κ2) is 6.32. The van der Waals surface area contributed by atoms with Gasteiger partial charge in [-0.1, -0.05) is 6.08 Å². The van der Waals surface area contributed by atoms with Crippen LogP contribution in [0.15, 0.2) is 28.1 Å². The molecule has 2 fully saturated rings. The molecule has 2 aliphatic rings. The molecule has 0 spiro atoms. The fourth-order valence-corrected chi connectivity index (χ4v) is 3.99. The van der Waals surface area contributed by atoms with Gasteiger partial charge in [-0.3, -0.25) is 4.79 Å². The monoisotopic (exact) mass is 352 g/mol. The average Bonchev–Trinajstić information content (AvgIpc) is 3.14. The fourth-order valence-electron chi connectivity index (χ4n) is 3.46. The molecular weight excluding hydrogens is 332 g/mol. The molecule has 1 aromatic rings. The summed E-state index contributed by atoms with van der Waals surface area (Å²) in [6.45, 7) is 6.19. The Balaban J connectivity index is 1.90. The van der Waals surface area contributed by atoms with E-state index in [0.29, 0.717) is 23.1 Å². The van der Waals surface area contributed by atoms with Crippen LogP contribution in [0.1, 0.15) is 25.7 Å². The van der Waals surface area contributed by atoms with Crippen LogP contribution in [0.2, 0.25) is 0 Å². The lowest BCUT2D eigenvalue weighted by atomic mass is 10.0. The van der Waals surface area contributed by atoms with Crippen LogP contribution in [-0.2, 0) is 6.54 Å². The van der Waals surface area contributed by atoms with Crippen LogP contribution >= 0.6 is 15.9 Å². The van der Waals surface area contributed by atoms with E-state index in [1.54, 1.807) is 6.08 Å². The van der Waals surface area contributed by atoms with E-state index in [-0.39, 0.29) is 5.56 Å². The van der Waals surface area contributed by atoms with Crippen molar-refractivity contribution < 1.29 is 0 Å². The first-order chi connectivity index (χ1) is 10.2. The van der Waals surface area contributed by atoms with Crippen molar-refractivity contribution in [2.24, 2.45) is 0 Å². The molecule has 2 unspecified atom stereocenters. The summed E-state index contributed by atoms with van der Waals surface area (Å²) in [7, 11) is 0. The van der Waals surface area contributed by atoms with Gasteiger partial charge in [-0.15, -0.1) is 6.58 Å². The first-order valence-electron chi connectivity index (χ1n) is 7.59. The predicted octanol–water partition coefficient (Wildman–Crippen LogP) is 1.91. The molecule has 0 bridgehead atoms. The summed E-state index contributed by atoms with van der Waals surface area (Å²) in [5, 5.41) is 7.87. The van der Waals surface area contributed by atoms with Gasteiger partial charge < -0.3 is 10.2 Å². The molecule has 3 heterocycles. The smallest absolute Gasteiger partial charge is 0.283 e. The van der Waals surface area contributed by atoms with E-state index in [1.165, 1.54) is 30.4 Å². The summed E-state index contributed by atoms with van der Waals surface area (Å²) in [6, 6.07) is 1.01. The summed E-state index contributed by atoms with van der Waals surface area (Å²) < 4.78 is 2.05. The van der Waals surface area contributed by atoms with Crippen LogP contribution in [0.25, 0.3) is 0 Å². The maximum Gasteiger partial charge on any atom is 0.283 e. The summed E-state index contributed by atoms with van der Waals surface area (Å²) in [5.41, 5.74) is 0.842. The summed E-state index contributed by atoms with van der Waals surface area (Å²) >= 11 is 3.48. The average molecular weight is 353 g/mol. The molecule has 3 rings (SSSR count). The number of aromatic nitrogens is 2. The van der Waals surface area contributed by atoms with Crippen molar-refractivity contribution in [2.45, 2.75) is 44.3 Å². The maximum absolute atomic E-state index is 12.3. The molecule has 6 heteroatoms. The zero-order valence-corrected chi connectivity index (χ0v) is 13.7. The highest BCUT2D eigenvalue weighted by Gasteiger charge is 2.34. The molecule has 21 heavy (non-hydrogen) atoms. The molecule has 5 nitrogen and oxygen atoms in total. The number of rotatable bonds is 4. The Morgan fingerprint density at radius 2 is 2.33 bits per heavy atom. The Morgan fingerprint density at radius 1 is 1.48 bits per heavy atom. The molecule has 0 amide bonds. The van der Waals surface area contributed by atoms with Crippen LogP contribution in [0.3, 0.4) is 0 Å². The lowest BCUT2D eigenvalue weighted by Crippen LogP contribution is -2.44. The van der Waals surface area contributed by atoms with E-state index in [9.17, 15) is 4.79 Å². The number of nitrogens with zero attached hydrogens (tertiary/aromatic N) is 3. The highest BCUT2D eigenvalue weighted by atomic mass is 79.9. The van der Waals surface area contributed by atoms with Crippen molar-refractivity contribution in [3.63, 3.8) is 0 Å². The SMILES string of the molecule is C=CCn1ncc(N2CCCC2C2CCCN2)c(Br)c1=O. The number of hydrogen-bond donors (Lipinski definition) is 1. The van der Waals surface area contributed by atoms with Crippen LogP contribution in [0, 0.1) is 0 Å². The van der Waals surface area contributed by atoms with E-state index in [1.807, 2.05) is 6.20 Å². The van der Waals surface area contributed by atoms with Gasteiger partial charge in [-0.05, 0) is 48.2 Å². The number of halogens is 1. The zero-order valence-electron chi connectivity index (χ0n) is 12.1. The summed E-state index contributed by atoms with van der Waals surface area (Å²) in [5.74, 6) is 0. The van der Waals surface area contributed by atoms with Crippen molar-refractivity contribution in [1.29, 1.82) is 0 Å². The first-order valence-corrected chi connectivity index (χ1v) is 8.38. The first kappa shape index (κ1) is 14.8. The van der Waals surface area contributed by atoms with Crippen molar-refractivity contribution in [2.75, 3.05) is 18.0 Å². The third-order valence-corrected chi connectivity index (χ3v) is 5.19. The Bertz CT molecular complexity index is 580. The lowest BCUT2D eigenvalue weighted by Gasteiger charge is -2.31. The van der Waals surface area contributed by atoms with Gasteiger partial charge in [-0.2, -0.15) is 5.10 Å². The van der Waals surface area contributed by atoms with Crippen LogP contribution in [0.4, 0.5) is 5.69 Å². The van der Waals surface area contributed by atoms with Gasteiger partial charge >= 0.3 is 0 Å². The van der Waals surface area contributed by atoms with E-state index >= 15 is 0 Å². The minimum Gasteiger partial charge on any atom is -0.365 e. The van der Waals surface area contributed by atoms with Gasteiger partial charge in [0.2, 0.25) is 0 Å².